The minimum absolute atomic E-state index is 0.277. The Labute approximate surface area is 154 Å². The standard InChI is InChI=1S/C22H12O5/c23-20-17-7-5-14(9-16(17)11-26-20)12-1-3-13(4-2-12)15-6-8-18-19(10-15)22(25)27-21(18)24/h1-10H,11H2. The lowest BCUT2D eigenvalue weighted by atomic mass is 9.96. The normalized spacial score (nSPS) is 14.6. The molecule has 5 heteroatoms. The fourth-order valence-corrected chi connectivity index (χ4v) is 3.43. The van der Waals surface area contributed by atoms with Gasteiger partial charge in [0.15, 0.2) is 0 Å². The Kier molecular flexibility index (Phi) is 3.24. The quantitative estimate of drug-likeness (QED) is 0.513. The van der Waals surface area contributed by atoms with Crippen LogP contribution in [0.15, 0.2) is 60.7 Å². The van der Waals surface area contributed by atoms with Gasteiger partial charge in [0.25, 0.3) is 0 Å². The molecule has 5 rings (SSSR count). The number of ether oxygens (including phenoxy) is 2. The molecule has 27 heavy (non-hydrogen) atoms. The second-order valence-electron chi connectivity index (χ2n) is 6.46. The van der Waals surface area contributed by atoms with Gasteiger partial charge in [-0.1, -0.05) is 36.4 Å². The van der Waals surface area contributed by atoms with Gasteiger partial charge in [-0.3, -0.25) is 0 Å². The molecule has 0 aromatic heterocycles. The monoisotopic (exact) mass is 356 g/mol. The van der Waals surface area contributed by atoms with Crippen LogP contribution < -0.4 is 0 Å². The molecular formula is C22H12O5. The molecule has 3 aromatic carbocycles. The summed E-state index contributed by atoms with van der Waals surface area (Å²) >= 11 is 0. The minimum Gasteiger partial charge on any atom is -0.457 e. The highest BCUT2D eigenvalue weighted by Crippen LogP contribution is 2.31. The first kappa shape index (κ1) is 15.5. The van der Waals surface area contributed by atoms with Gasteiger partial charge in [-0.25, -0.2) is 14.4 Å². The van der Waals surface area contributed by atoms with Gasteiger partial charge in [0, 0.05) is 5.56 Å². The van der Waals surface area contributed by atoms with Crippen LogP contribution in [0, 0.1) is 0 Å². The molecule has 0 N–H and O–H groups in total. The number of hydrogen-bond acceptors (Lipinski definition) is 5. The fourth-order valence-electron chi connectivity index (χ4n) is 3.43. The highest BCUT2D eigenvalue weighted by Gasteiger charge is 2.29. The van der Waals surface area contributed by atoms with E-state index < -0.39 is 11.9 Å². The first-order valence-electron chi connectivity index (χ1n) is 8.41. The lowest BCUT2D eigenvalue weighted by molar-refractivity contribution is 0.0442. The van der Waals surface area contributed by atoms with Crippen molar-refractivity contribution in [3.05, 3.63) is 82.9 Å². The minimum atomic E-state index is -0.608. The van der Waals surface area contributed by atoms with E-state index in [-0.39, 0.29) is 5.97 Å². The van der Waals surface area contributed by atoms with E-state index in [0.29, 0.717) is 23.3 Å². The van der Waals surface area contributed by atoms with E-state index in [9.17, 15) is 14.4 Å². The molecule has 0 fully saturated rings. The average molecular weight is 356 g/mol. The molecule has 3 aromatic rings. The molecule has 2 heterocycles. The summed E-state index contributed by atoms with van der Waals surface area (Å²) in [5, 5.41) is 0. The Morgan fingerprint density at radius 2 is 1.11 bits per heavy atom. The maximum atomic E-state index is 11.7. The summed E-state index contributed by atoms with van der Waals surface area (Å²) in [7, 11) is 0. The Hall–Kier alpha value is -3.73. The number of hydrogen-bond donors (Lipinski definition) is 0. The van der Waals surface area contributed by atoms with Gasteiger partial charge in [-0.15, -0.1) is 0 Å². The van der Waals surface area contributed by atoms with Crippen molar-refractivity contribution in [1.82, 2.24) is 0 Å². The summed E-state index contributed by atoms with van der Waals surface area (Å²) in [5.74, 6) is -1.49. The van der Waals surface area contributed by atoms with Crippen LogP contribution in [0.2, 0.25) is 0 Å². The third kappa shape index (κ3) is 2.44. The topological polar surface area (TPSA) is 69.7 Å². The van der Waals surface area contributed by atoms with Crippen molar-refractivity contribution in [2.24, 2.45) is 0 Å². The first-order chi connectivity index (χ1) is 13.1. The smallest absolute Gasteiger partial charge is 0.346 e. The Balaban J connectivity index is 1.48. The summed E-state index contributed by atoms with van der Waals surface area (Å²) in [6, 6.07) is 18.6. The van der Waals surface area contributed by atoms with E-state index in [4.69, 9.17) is 4.74 Å². The number of benzene rings is 3. The van der Waals surface area contributed by atoms with E-state index in [1.54, 1.807) is 24.3 Å². The van der Waals surface area contributed by atoms with Crippen molar-refractivity contribution in [3.8, 4) is 22.3 Å². The third-order valence-corrected chi connectivity index (χ3v) is 4.88. The number of cyclic esters (lactones) is 3. The zero-order valence-electron chi connectivity index (χ0n) is 14.0. The second-order valence-corrected chi connectivity index (χ2v) is 6.46. The molecule has 0 atom stereocenters. The molecule has 0 radical (unpaired) electrons. The molecule has 0 bridgehead atoms. The predicted octanol–water partition coefficient (Wildman–Crippen LogP) is 4.00. The van der Waals surface area contributed by atoms with E-state index >= 15 is 0 Å². The summed E-state index contributed by atoms with van der Waals surface area (Å²) < 4.78 is 9.67. The summed E-state index contributed by atoms with van der Waals surface area (Å²) in [5.41, 5.74) is 5.88. The molecule has 2 aliphatic rings. The fraction of sp³-hybridized carbons (Fsp3) is 0.0455. The van der Waals surface area contributed by atoms with Crippen LogP contribution in [0.4, 0.5) is 0 Å². The highest BCUT2D eigenvalue weighted by molar-refractivity contribution is 6.15. The van der Waals surface area contributed by atoms with Gasteiger partial charge in [0.05, 0.1) is 16.7 Å². The first-order valence-corrected chi connectivity index (χ1v) is 8.41. The number of fused-ring (bicyclic) bond motifs is 2. The van der Waals surface area contributed by atoms with Crippen LogP contribution in [-0.4, -0.2) is 17.9 Å². The molecule has 2 aliphatic heterocycles. The lowest BCUT2D eigenvalue weighted by Gasteiger charge is -2.07. The van der Waals surface area contributed by atoms with Gasteiger partial charge in [-0.05, 0) is 46.5 Å². The van der Waals surface area contributed by atoms with Gasteiger partial charge < -0.3 is 9.47 Å². The van der Waals surface area contributed by atoms with Crippen LogP contribution in [-0.2, 0) is 16.1 Å². The molecule has 130 valence electrons. The van der Waals surface area contributed by atoms with Gasteiger partial charge in [0.2, 0.25) is 0 Å². The van der Waals surface area contributed by atoms with Crippen molar-refractivity contribution in [2.75, 3.05) is 0 Å². The van der Waals surface area contributed by atoms with Crippen LogP contribution >= 0.6 is 0 Å². The third-order valence-electron chi connectivity index (χ3n) is 4.88. The van der Waals surface area contributed by atoms with Crippen LogP contribution in [0.3, 0.4) is 0 Å². The summed E-state index contributed by atoms with van der Waals surface area (Å²) in [6.07, 6.45) is 0. The zero-order chi connectivity index (χ0) is 18.5. The summed E-state index contributed by atoms with van der Waals surface area (Å²) in [4.78, 5) is 34.9. The van der Waals surface area contributed by atoms with Crippen LogP contribution in [0.1, 0.15) is 36.6 Å². The van der Waals surface area contributed by atoms with E-state index in [2.05, 4.69) is 4.74 Å². The molecule has 5 nitrogen and oxygen atoms in total. The number of carbonyl (C=O) groups is 3. The summed E-state index contributed by atoms with van der Waals surface area (Å²) in [6.45, 7) is 0.310. The van der Waals surface area contributed by atoms with Gasteiger partial charge in [-0.2, -0.15) is 0 Å². The van der Waals surface area contributed by atoms with Crippen molar-refractivity contribution >= 4 is 17.9 Å². The molecule has 0 saturated carbocycles. The zero-order valence-corrected chi connectivity index (χ0v) is 14.0. The maximum absolute atomic E-state index is 11.7. The van der Waals surface area contributed by atoms with Crippen molar-refractivity contribution in [2.45, 2.75) is 6.61 Å². The molecule has 0 saturated heterocycles. The molecule has 0 amide bonds. The molecule has 0 unspecified atom stereocenters. The predicted molar refractivity (Wildman–Crippen MR) is 96.2 cm³/mol. The van der Waals surface area contributed by atoms with Crippen molar-refractivity contribution < 1.29 is 23.9 Å². The number of rotatable bonds is 2. The van der Waals surface area contributed by atoms with Crippen LogP contribution in [0.25, 0.3) is 22.3 Å². The Morgan fingerprint density at radius 1 is 0.556 bits per heavy atom. The highest BCUT2D eigenvalue weighted by atomic mass is 16.6. The van der Waals surface area contributed by atoms with Crippen molar-refractivity contribution in [1.29, 1.82) is 0 Å². The van der Waals surface area contributed by atoms with Gasteiger partial charge in [0.1, 0.15) is 6.61 Å². The second kappa shape index (κ2) is 5.64. The lowest BCUT2D eigenvalue weighted by Crippen LogP contribution is -1.96. The van der Waals surface area contributed by atoms with Crippen LogP contribution in [0.5, 0.6) is 0 Å². The Morgan fingerprint density at radius 3 is 1.81 bits per heavy atom. The van der Waals surface area contributed by atoms with E-state index in [0.717, 1.165) is 27.8 Å². The maximum Gasteiger partial charge on any atom is 0.346 e. The largest absolute Gasteiger partial charge is 0.457 e. The molecular weight excluding hydrogens is 344 g/mol. The molecule has 0 aliphatic carbocycles. The van der Waals surface area contributed by atoms with Gasteiger partial charge >= 0.3 is 17.9 Å². The van der Waals surface area contributed by atoms with E-state index in [1.807, 2.05) is 36.4 Å². The average Bonchev–Trinajstić information content (AvgIpc) is 3.21. The van der Waals surface area contributed by atoms with Crippen molar-refractivity contribution in [3.63, 3.8) is 0 Å². The number of carbonyl (C=O) groups excluding carboxylic acids is 3. The number of esters is 3. The Bertz CT molecular complexity index is 1140. The SMILES string of the molecule is O=C1OCc2cc(-c3ccc(-c4ccc5c(c4)C(=O)OC5=O)cc3)ccc21. The molecule has 0 spiro atoms. The van der Waals surface area contributed by atoms with E-state index in [1.165, 1.54) is 0 Å².